The van der Waals surface area contributed by atoms with Crippen LogP contribution in [-0.4, -0.2) is 35.0 Å². The molecule has 2 heterocycles. The second-order valence-corrected chi connectivity index (χ2v) is 5.46. The lowest BCUT2D eigenvalue weighted by Gasteiger charge is -2.36. The lowest BCUT2D eigenvalue weighted by molar-refractivity contribution is -0.123. The maximum atomic E-state index is 12.2. The van der Waals surface area contributed by atoms with E-state index >= 15 is 0 Å². The lowest BCUT2D eigenvalue weighted by atomic mass is 10.0. The van der Waals surface area contributed by atoms with E-state index in [9.17, 15) is 4.79 Å². The Labute approximate surface area is 124 Å². The van der Waals surface area contributed by atoms with Gasteiger partial charge < -0.3 is 10.2 Å². The second-order valence-electron chi connectivity index (χ2n) is 5.46. The van der Waals surface area contributed by atoms with Crippen LogP contribution in [0.25, 0.3) is 10.9 Å². The third-order valence-electron chi connectivity index (χ3n) is 4.02. The van der Waals surface area contributed by atoms with Crippen molar-refractivity contribution in [3.8, 4) is 0 Å². The van der Waals surface area contributed by atoms with Gasteiger partial charge in [-0.15, -0.1) is 0 Å². The monoisotopic (exact) mass is 284 g/mol. The molecule has 0 saturated carbocycles. The minimum Gasteiger partial charge on any atom is -0.353 e. The van der Waals surface area contributed by atoms with Crippen LogP contribution < -0.4 is 10.2 Å². The Morgan fingerprint density at radius 3 is 3.05 bits per heavy atom. The van der Waals surface area contributed by atoms with Gasteiger partial charge in [-0.3, -0.25) is 4.79 Å². The van der Waals surface area contributed by atoms with Crippen LogP contribution in [0.15, 0.2) is 24.5 Å². The third-order valence-corrected chi connectivity index (χ3v) is 4.02. The summed E-state index contributed by atoms with van der Waals surface area (Å²) >= 11 is 0. The number of rotatable bonds is 3. The molecule has 1 unspecified atom stereocenters. The Morgan fingerprint density at radius 2 is 2.24 bits per heavy atom. The topological polar surface area (TPSA) is 58.1 Å². The first-order valence-electron chi connectivity index (χ1n) is 7.47. The minimum atomic E-state index is -0.138. The number of benzene rings is 1. The first-order valence-corrected chi connectivity index (χ1v) is 7.47. The number of hydrogen-bond donors (Lipinski definition) is 1. The van der Waals surface area contributed by atoms with Crippen molar-refractivity contribution in [2.45, 2.75) is 32.7 Å². The molecule has 1 saturated heterocycles. The fourth-order valence-electron chi connectivity index (χ4n) is 3.01. The molecule has 1 aromatic heterocycles. The Kier molecular flexibility index (Phi) is 3.73. The van der Waals surface area contributed by atoms with E-state index in [1.54, 1.807) is 6.33 Å². The number of piperazine rings is 1. The summed E-state index contributed by atoms with van der Waals surface area (Å²) in [6.45, 7) is 5.62. The predicted octanol–water partition coefficient (Wildman–Crippen LogP) is 2.04. The summed E-state index contributed by atoms with van der Waals surface area (Å²) in [4.78, 5) is 23.2. The molecule has 0 bridgehead atoms. The van der Waals surface area contributed by atoms with Crippen LogP contribution >= 0.6 is 0 Å². The zero-order valence-electron chi connectivity index (χ0n) is 12.5. The number of fused-ring (bicyclic) bond motifs is 1. The summed E-state index contributed by atoms with van der Waals surface area (Å²) in [7, 11) is 0. The van der Waals surface area contributed by atoms with Crippen molar-refractivity contribution >= 4 is 22.6 Å². The van der Waals surface area contributed by atoms with E-state index in [1.165, 1.54) is 0 Å². The maximum Gasteiger partial charge on any atom is 0.242 e. The average Bonchev–Trinajstić information content (AvgIpc) is 2.49. The molecule has 21 heavy (non-hydrogen) atoms. The molecule has 5 heteroatoms. The van der Waals surface area contributed by atoms with Crippen molar-refractivity contribution in [2.24, 2.45) is 0 Å². The number of anilines is 1. The minimum absolute atomic E-state index is 0.100. The van der Waals surface area contributed by atoms with Crippen molar-refractivity contribution in [1.82, 2.24) is 15.3 Å². The number of amides is 1. The molecular weight excluding hydrogens is 264 g/mol. The van der Waals surface area contributed by atoms with Gasteiger partial charge in [-0.25, -0.2) is 9.97 Å². The summed E-state index contributed by atoms with van der Waals surface area (Å²) in [5.41, 5.74) is 2.07. The van der Waals surface area contributed by atoms with Crippen LogP contribution in [-0.2, 0) is 4.79 Å². The Morgan fingerprint density at radius 1 is 1.38 bits per heavy atom. The highest BCUT2D eigenvalue weighted by Gasteiger charge is 2.30. The Balaban J connectivity index is 2.12. The summed E-state index contributed by atoms with van der Waals surface area (Å²) in [6, 6.07) is 5.92. The van der Waals surface area contributed by atoms with Crippen molar-refractivity contribution < 1.29 is 4.79 Å². The fourth-order valence-corrected chi connectivity index (χ4v) is 3.01. The second kappa shape index (κ2) is 5.68. The molecule has 110 valence electrons. The highest BCUT2D eigenvalue weighted by Crippen LogP contribution is 2.29. The molecule has 1 amide bonds. The molecule has 0 aliphatic carbocycles. The van der Waals surface area contributed by atoms with Crippen molar-refractivity contribution in [2.75, 3.05) is 18.0 Å². The highest BCUT2D eigenvalue weighted by atomic mass is 16.2. The number of carbonyl (C=O) groups excluding carboxylic acids is 1. The normalized spacial score (nSPS) is 18.9. The first kappa shape index (κ1) is 13.8. The van der Waals surface area contributed by atoms with Gasteiger partial charge in [0.1, 0.15) is 18.2 Å². The average molecular weight is 284 g/mol. The van der Waals surface area contributed by atoms with E-state index in [4.69, 9.17) is 0 Å². The van der Waals surface area contributed by atoms with E-state index in [0.29, 0.717) is 6.54 Å². The largest absolute Gasteiger partial charge is 0.353 e. The predicted molar refractivity (Wildman–Crippen MR) is 83.3 cm³/mol. The number of nitrogens with zero attached hydrogens (tertiary/aromatic N) is 3. The van der Waals surface area contributed by atoms with Crippen LogP contribution in [0, 0.1) is 6.92 Å². The quantitative estimate of drug-likeness (QED) is 0.937. The zero-order chi connectivity index (χ0) is 14.8. The number of nitrogens with one attached hydrogen (secondary N) is 1. The molecule has 1 aromatic carbocycles. The molecule has 1 aliphatic rings. The molecule has 1 N–H and O–H groups in total. The van der Waals surface area contributed by atoms with Gasteiger partial charge in [0.15, 0.2) is 0 Å². The van der Waals surface area contributed by atoms with E-state index in [2.05, 4.69) is 40.1 Å². The maximum absolute atomic E-state index is 12.2. The summed E-state index contributed by atoms with van der Waals surface area (Å²) in [6.07, 6.45) is 3.40. The molecule has 2 aromatic rings. The van der Waals surface area contributed by atoms with E-state index in [-0.39, 0.29) is 11.9 Å². The van der Waals surface area contributed by atoms with Crippen LogP contribution in [0.2, 0.25) is 0 Å². The zero-order valence-corrected chi connectivity index (χ0v) is 12.5. The Bertz CT molecular complexity index is 665. The summed E-state index contributed by atoms with van der Waals surface area (Å²) in [5, 5.41) is 4.01. The van der Waals surface area contributed by atoms with E-state index < -0.39 is 0 Å². The molecule has 1 atom stereocenters. The smallest absolute Gasteiger partial charge is 0.242 e. The van der Waals surface area contributed by atoms with Gasteiger partial charge >= 0.3 is 0 Å². The third kappa shape index (κ3) is 2.44. The van der Waals surface area contributed by atoms with Crippen molar-refractivity contribution in [3.63, 3.8) is 0 Å². The summed E-state index contributed by atoms with van der Waals surface area (Å²) < 4.78 is 0. The Hall–Kier alpha value is -2.17. The fraction of sp³-hybridized carbons (Fsp3) is 0.438. The van der Waals surface area contributed by atoms with E-state index in [0.717, 1.165) is 41.7 Å². The molecule has 0 radical (unpaired) electrons. The van der Waals surface area contributed by atoms with Gasteiger partial charge in [-0.1, -0.05) is 25.5 Å². The number of carbonyl (C=O) groups is 1. The SMILES string of the molecule is CCCC1C(=O)NCCN1c1ncnc2cccc(C)c12. The summed E-state index contributed by atoms with van der Waals surface area (Å²) in [5.74, 6) is 0.981. The standard InChI is InChI=1S/C16H20N4O/c1-3-5-13-16(21)17-8-9-20(13)15-14-11(2)6-4-7-12(14)18-10-19-15/h4,6-7,10,13H,3,5,8-9H2,1-2H3,(H,17,21). The first-order chi connectivity index (χ1) is 10.2. The molecule has 0 spiro atoms. The molecule has 5 nitrogen and oxygen atoms in total. The van der Waals surface area contributed by atoms with Gasteiger partial charge in [-0.2, -0.15) is 0 Å². The van der Waals surface area contributed by atoms with Crippen LogP contribution in [0.4, 0.5) is 5.82 Å². The van der Waals surface area contributed by atoms with Crippen LogP contribution in [0.5, 0.6) is 0 Å². The van der Waals surface area contributed by atoms with Crippen molar-refractivity contribution in [1.29, 1.82) is 0 Å². The van der Waals surface area contributed by atoms with Gasteiger partial charge in [0.2, 0.25) is 5.91 Å². The number of aromatic nitrogens is 2. The molecule has 1 fully saturated rings. The van der Waals surface area contributed by atoms with Gasteiger partial charge in [0, 0.05) is 18.5 Å². The van der Waals surface area contributed by atoms with Crippen molar-refractivity contribution in [3.05, 3.63) is 30.1 Å². The van der Waals surface area contributed by atoms with Crippen LogP contribution in [0.3, 0.4) is 0 Å². The van der Waals surface area contributed by atoms with E-state index in [1.807, 2.05) is 12.1 Å². The molecule has 3 rings (SSSR count). The molecule has 1 aliphatic heterocycles. The molecular formula is C16H20N4O. The van der Waals surface area contributed by atoms with Gasteiger partial charge in [-0.05, 0) is 25.0 Å². The van der Waals surface area contributed by atoms with Gasteiger partial charge in [0.05, 0.1) is 5.52 Å². The highest BCUT2D eigenvalue weighted by molar-refractivity contribution is 5.95. The number of hydrogen-bond acceptors (Lipinski definition) is 4. The number of aryl methyl sites for hydroxylation is 1. The van der Waals surface area contributed by atoms with Crippen LogP contribution in [0.1, 0.15) is 25.3 Å². The van der Waals surface area contributed by atoms with Gasteiger partial charge in [0.25, 0.3) is 0 Å². The lowest BCUT2D eigenvalue weighted by Crippen LogP contribution is -2.55.